The van der Waals surface area contributed by atoms with E-state index in [1.54, 1.807) is 6.33 Å². The maximum atomic E-state index is 5.66. The zero-order chi connectivity index (χ0) is 9.97. The van der Waals surface area contributed by atoms with Gasteiger partial charge in [-0.25, -0.2) is 4.98 Å². The van der Waals surface area contributed by atoms with Gasteiger partial charge in [0.15, 0.2) is 0 Å². The molecule has 0 aliphatic heterocycles. The summed E-state index contributed by atoms with van der Waals surface area (Å²) in [4.78, 5) is 4.08. The number of hydrogen-bond donors (Lipinski definition) is 1. The Hall–Kier alpha value is -0.680. The van der Waals surface area contributed by atoms with Crippen LogP contribution < -0.4 is 5.32 Å². The lowest BCUT2D eigenvalue weighted by atomic mass is 9.89. The molecule has 0 saturated heterocycles. The van der Waals surface area contributed by atoms with E-state index in [9.17, 15) is 0 Å². The van der Waals surface area contributed by atoms with Gasteiger partial charge in [-0.3, -0.25) is 0 Å². The predicted octanol–water partition coefficient (Wildman–Crippen LogP) is 1.91. The van der Waals surface area contributed by atoms with Gasteiger partial charge in [0.2, 0.25) is 5.13 Å². The fourth-order valence-corrected chi connectivity index (χ4v) is 2.10. The molecule has 2 rings (SSSR count). The molecular weight excluding hydrogens is 198 g/mol. The van der Waals surface area contributed by atoms with Crippen molar-refractivity contribution >= 4 is 16.7 Å². The second-order valence-corrected chi connectivity index (χ2v) is 4.65. The van der Waals surface area contributed by atoms with E-state index in [-0.39, 0.29) is 0 Å². The van der Waals surface area contributed by atoms with Crippen molar-refractivity contribution in [1.82, 2.24) is 9.36 Å². The van der Waals surface area contributed by atoms with E-state index in [2.05, 4.69) is 28.5 Å². The molecular formula is C9H15N3OS. The van der Waals surface area contributed by atoms with Gasteiger partial charge in [0.1, 0.15) is 6.33 Å². The smallest absolute Gasteiger partial charge is 0.202 e. The van der Waals surface area contributed by atoms with Crippen molar-refractivity contribution in [2.24, 2.45) is 0 Å². The van der Waals surface area contributed by atoms with Crippen molar-refractivity contribution in [2.45, 2.75) is 44.9 Å². The van der Waals surface area contributed by atoms with Gasteiger partial charge in [-0.15, -0.1) is 0 Å². The number of rotatable bonds is 4. The highest BCUT2D eigenvalue weighted by atomic mass is 32.1. The van der Waals surface area contributed by atoms with Crippen LogP contribution in [0.25, 0.3) is 0 Å². The van der Waals surface area contributed by atoms with E-state index in [4.69, 9.17) is 4.74 Å². The van der Waals surface area contributed by atoms with E-state index in [0.29, 0.717) is 18.2 Å². The number of hydrogen-bond acceptors (Lipinski definition) is 5. The van der Waals surface area contributed by atoms with Gasteiger partial charge < -0.3 is 10.1 Å². The molecule has 0 spiro atoms. The fraction of sp³-hybridized carbons (Fsp3) is 0.778. The van der Waals surface area contributed by atoms with E-state index in [1.165, 1.54) is 11.5 Å². The second kappa shape index (κ2) is 4.23. The largest absolute Gasteiger partial charge is 0.375 e. The van der Waals surface area contributed by atoms with E-state index in [0.717, 1.165) is 18.0 Å². The Balaban J connectivity index is 1.68. The van der Waals surface area contributed by atoms with Crippen molar-refractivity contribution in [2.75, 3.05) is 5.32 Å². The van der Waals surface area contributed by atoms with Crippen LogP contribution in [0, 0.1) is 0 Å². The van der Waals surface area contributed by atoms with Gasteiger partial charge in [0.25, 0.3) is 0 Å². The molecule has 1 aromatic rings. The van der Waals surface area contributed by atoms with Gasteiger partial charge in [-0.1, -0.05) is 0 Å². The molecule has 0 amide bonds. The normalized spacial score (nSPS) is 26.2. The first-order valence-corrected chi connectivity index (χ1v) is 5.70. The highest BCUT2D eigenvalue weighted by Gasteiger charge is 2.30. The van der Waals surface area contributed by atoms with Crippen LogP contribution in [0.2, 0.25) is 0 Å². The Morgan fingerprint density at radius 3 is 2.93 bits per heavy atom. The highest BCUT2D eigenvalue weighted by Crippen LogP contribution is 2.27. The average Bonchev–Trinajstić information content (AvgIpc) is 2.52. The third kappa shape index (κ3) is 2.42. The molecule has 1 aliphatic carbocycles. The van der Waals surface area contributed by atoms with Crippen LogP contribution in [0.15, 0.2) is 6.33 Å². The Morgan fingerprint density at radius 1 is 1.57 bits per heavy atom. The average molecular weight is 213 g/mol. The zero-order valence-electron chi connectivity index (χ0n) is 8.43. The first-order chi connectivity index (χ1) is 6.74. The summed E-state index contributed by atoms with van der Waals surface area (Å²) < 4.78 is 9.60. The summed E-state index contributed by atoms with van der Waals surface area (Å²) in [5.74, 6) is 0. The van der Waals surface area contributed by atoms with Gasteiger partial charge in [-0.05, 0) is 26.7 Å². The number of aromatic nitrogens is 2. The Labute approximate surface area is 87.9 Å². The minimum absolute atomic E-state index is 0.336. The van der Waals surface area contributed by atoms with Crippen molar-refractivity contribution in [3.63, 3.8) is 0 Å². The summed E-state index contributed by atoms with van der Waals surface area (Å²) in [6.45, 7) is 4.15. The molecule has 1 fully saturated rings. The number of nitrogens with one attached hydrogen (secondary N) is 1. The van der Waals surface area contributed by atoms with E-state index < -0.39 is 0 Å². The summed E-state index contributed by atoms with van der Waals surface area (Å²) in [6, 6.07) is 0.520. The maximum absolute atomic E-state index is 5.66. The van der Waals surface area contributed by atoms with Crippen LogP contribution in [-0.2, 0) is 4.74 Å². The molecule has 0 unspecified atom stereocenters. The summed E-state index contributed by atoms with van der Waals surface area (Å²) >= 11 is 1.40. The minimum atomic E-state index is 0.336. The monoisotopic (exact) mass is 213 g/mol. The minimum Gasteiger partial charge on any atom is -0.375 e. The van der Waals surface area contributed by atoms with Crippen LogP contribution in [-0.4, -0.2) is 27.6 Å². The molecule has 1 heterocycles. The number of anilines is 1. The molecule has 0 radical (unpaired) electrons. The second-order valence-electron chi connectivity index (χ2n) is 3.87. The van der Waals surface area contributed by atoms with Gasteiger partial charge >= 0.3 is 0 Å². The van der Waals surface area contributed by atoms with Crippen molar-refractivity contribution in [3.05, 3.63) is 6.33 Å². The van der Waals surface area contributed by atoms with Crippen molar-refractivity contribution in [3.8, 4) is 0 Å². The standard InChI is InChI=1S/C9H15N3OS/c1-6(2)13-8-3-7(4-8)12-9-10-5-11-14-9/h5-8H,3-4H2,1-2H3,(H,10,11,12). The first-order valence-electron chi connectivity index (χ1n) is 4.92. The molecule has 0 aromatic carbocycles. The summed E-state index contributed by atoms with van der Waals surface area (Å²) in [7, 11) is 0. The summed E-state index contributed by atoms with van der Waals surface area (Å²) in [5.41, 5.74) is 0. The number of nitrogens with zero attached hydrogens (tertiary/aromatic N) is 2. The molecule has 0 bridgehead atoms. The van der Waals surface area contributed by atoms with Crippen LogP contribution >= 0.6 is 11.5 Å². The molecule has 1 aromatic heterocycles. The quantitative estimate of drug-likeness (QED) is 0.830. The fourth-order valence-electron chi connectivity index (χ4n) is 1.59. The Kier molecular flexibility index (Phi) is 2.98. The lowest BCUT2D eigenvalue weighted by Crippen LogP contribution is -2.41. The molecule has 5 heteroatoms. The highest BCUT2D eigenvalue weighted by molar-refractivity contribution is 7.09. The third-order valence-electron chi connectivity index (χ3n) is 2.25. The van der Waals surface area contributed by atoms with Gasteiger partial charge in [0.05, 0.1) is 12.2 Å². The van der Waals surface area contributed by atoms with Crippen LogP contribution in [0.3, 0.4) is 0 Å². The Bertz CT molecular complexity index is 270. The summed E-state index contributed by atoms with van der Waals surface area (Å²) in [6.07, 6.45) is 4.51. The van der Waals surface area contributed by atoms with E-state index in [1.807, 2.05) is 0 Å². The van der Waals surface area contributed by atoms with E-state index >= 15 is 0 Å². The lowest BCUT2D eigenvalue weighted by Gasteiger charge is -2.36. The molecule has 14 heavy (non-hydrogen) atoms. The van der Waals surface area contributed by atoms with Gasteiger partial charge in [-0.2, -0.15) is 4.37 Å². The molecule has 1 aliphatic rings. The SMILES string of the molecule is CC(C)OC1CC(Nc2ncns2)C1. The molecule has 1 N–H and O–H groups in total. The van der Waals surface area contributed by atoms with Crippen LogP contribution in [0.4, 0.5) is 5.13 Å². The summed E-state index contributed by atoms with van der Waals surface area (Å²) in [5, 5.41) is 4.24. The van der Waals surface area contributed by atoms with Gasteiger partial charge in [0, 0.05) is 17.6 Å². The van der Waals surface area contributed by atoms with Crippen LogP contribution in [0.1, 0.15) is 26.7 Å². The topological polar surface area (TPSA) is 47.0 Å². The maximum Gasteiger partial charge on any atom is 0.202 e. The third-order valence-corrected chi connectivity index (χ3v) is 2.84. The molecule has 4 nitrogen and oxygen atoms in total. The first kappa shape index (κ1) is 9.86. The van der Waals surface area contributed by atoms with Crippen LogP contribution in [0.5, 0.6) is 0 Å². The van der Waals surface area contributed by atoms with Crippen molar-refractivity contribution < 1.29 is 4.74 Å². The molecule has 78 valence electrons. The number of ether oxygens (including phenoxy) is 1. The molecule has 1 saturated carbocycles. The van der Waals surface area contributed by atoms with Crippen molar-refractivity contribution in [1.29, 1.82) is 0 Å². The predicted molar refractivity (Wildman–Crippen MR) is 56.6 cm³/mol. The Morgan fingerprint density at radius 2 is 2.36 bits per heavy atom. The lowest BCUT2D eigenvalue weighted by molar-refractivity contribution is -0.0400. The molecule has 0 atom stereocenters. The zero-order valence-corrected chi connectivity index (χ0v) is 9.25.